The van der Waals surface area contributed by atoms with E-state index in [0.717, 1.165) is 49.7 Å². The Morgan fingerprint density at radius 1 is 0.477 bits per heavy atom. The molecular formula is C36H38O8. The van der Waals surface area contributed by atoms with Gasteiger partial charge in [0.05, 0.1) is 22.3 Å². The Kier molecular flexibility index (Phi) is 5.66. The molecule has 8 fully saturated rings. The predicted molar refractivity (Wildman–Crippen MR) is 158 cm³/mol. The smallest absolute Gasteiger partial charge is 0.336 e. The Morgan fingerprint density at radius 2 is 0.795 bits per heavy atom. The SMILES string of the molecule is O=C(O)c1ccc(C23CC4CC(C2)CC(C25CC6CC(CC(c7ccc(C(=O)O)c(C(=O)O)c7)(C6)C2)C5)(C4)C3)cc1C(=O)O. The van der Waals surface area contributed by atoms with Gasteiger partial charge in [0, 0.05) is 0 Å². The summed E-state index contributed by atoms with van der Waals surface area (Å²) in [7, 11) is 0. The van der Waals surface area contributed by atoms with Crippen molar-refractivity contribution in [3.05, 3.63) is 69.8 Å². The summed E-state index contributed by atoms with van der Waals surface area (Å²) in [6.45, 7) is 0. The molecule has 0 aliphatic heterocycles. The van der Waals surface area contributed by atoms with Gasteiger partial charge in [-0.2, -0.15) is 0 Å². The number of carboxylic acid groups (broad SMARTS) is 4. The third-order valence-corrected chi connectivity index (χ3v) is 13.4. The molecule has 0 amide bonds. The predicted octanol–water partition coefficient (Wildman–Crippen LogP) is 6.86. The second kappa shape index (κ2) is 8.95. The molecule has 0 saturated heterocycles. The fourth-order valence-corrected chi connectivity index (χ4v) is 12.9. The minimum absolute atomic E-state index is 0.103. The Bertz CT molecular complexity index is 1500. The Balaban J connectivity index is 1.22. The van der Waals surface area contributed by atoms with Crippen molar-refractivity contribution in [1.82, 2.24) is 0 Å². The van der Waals surface area contributed by atoms with Crippen molar-refractivity contribution in [3.8, 4) is 0 Å². The number of hydrogen-bond acceptors (Lipinski definition) is 4. The number of carbonyl (C=O) groups is 4. The average molecular weight is 599 g/mol. The molecule has 10 rings (SSSR count). The van der Waals surface area contributed by atoms with E-state index in [-0.39, 0.29) is 43.9 Å². The summed E-state index contributed by atoms with van der Waals surface area (Å²) in [4.78, 5) is 48.0. The van der Waals surface area contributed by atoms with Crippen LogP contribution in [0.3, 0.4) is 0 Å². The van der Waals surface area contributed by atoms with Gasteiger partial charge in [0.1, 0.15) is 0 Å². The molecule has 8 aliphatic rings. The molecule has 0 heterocycles. The van der Waals surface area contributed by atoms with Crippen molar-refractivity contribution in [2.24, 2.45) is 34.5 Å². The molecule has 4 atom stereocenters. The van der Waals surface area contributed by atoms with Crippen LogP contribution < -0.4 is 0 Å². The highest BCUT2D eigenvalue weighted by molar-refractivity contribution is 6.02. The van der Waals surface area contributed by atoms with E-state index in [0.29, 0.717) is 23.7 Å². The lowest BCUT2D eigenvalue weighted by atomic mass is 9.30. The third-order valence-electron chi connectivity index (χ3n) is 13.4. The van der Waals surface area contributed by atoms with Gasteiger partial charge in [-0.15, -0.1) is 0 Å². The van der Waals surface area contributed by atoms with E-state index in [1.54, 1.807) is 12.1 Å². The van der Waals surface area contributed by atoms with E-state index >= 15 is 0 Å². The number of aromatic carboxylic acids is 4. The van der Waals surface area contributed by atoms with Gasteiger partial charge >= 0.3 is 23.9 Å². The maximum Gasteiger partial charge on any atom is 0.336 e. The first-order chi connectivity index (χ1) is 20.9. The van der Waals surface area contributed by atoms with E-state index in [1.165, 1.54) is 50.7 Å². The zero-order valence-corrected chi connectivity index (χ0v) is 24.7. The summed E-state index contributed by atoms with van der Waals surface area (Å²) in [5.74, 6) is -2.64. The van der Waals surface area contributed by atoms with Crippen LogP contribution in [0, 0.1) is 34.5 Å². The number of rotatable bonds is 7. The quantitative estimate of drug-likeness (QED) is 0.270. The van der Waals surface area contributed by atoms with Gasteiger partial charge in [-0.25, -0.2) is 19.2 Å². The Hall–Kier alpha value is -3.68. The molecule has 4 N–H and O–H groups in total. The molecule has 8 heteroatoms. The van der Waals surface area contributed by atoms with Crippen molar-refractivity contribution in [3.63, 3.8) is 0 Å². The minimum Gasteiger partial charge on any atom is -0.478 e. The van der Waals surface area contributed by atoms with Crippen LogP contribution in [-0.2, 0) is 10.8 Å². The van der Waals surface area contributed by atoms with Crippen LogP contribution in [0.2, 0.25) is 0 Å². The van der Waals surface area contributed by atoms with E-state index in [4.69, 9.17) is 0 Å². The molecule has 8 bridgehead atoms. The monoisotopic (exact) mass is 598 g/mol. The van der Waals surface area contributed by atoms with E-state index in [1.807, 2.05) is 12.1 Å². The summed E-state index contributed by atoms with van der Waals surface area (Å²) < 4.78 is 0. The van der Waals surface area contributed by atoms with Crippen LogP contribution in [0.1, 0.15) is 130 Å². The van der Waals surface area contributed by atoms with Crippen LogP contribution in [0.5, 0.6) is 0 Å². The molecule has 44 heavy (non-hydrogen) atoms. The van der Waals surface area contributed by atoms with E-state index < -0.39 is 23.9 Å². The molecule has 230 valence electrons. The number of carboxylic acids is 4. The highest BCUT2D eigenvalue weighted by atomic mass is 16.4. The topological polar surface area (TPSA) is 149 Å². The molecular weight excluding hydrogens is 560 g/mol. The first-order valence-electron chi connectivity index (χ1n) is 16.1. The van der Waals surface area contributed by atoms with Gasteiger partial charge < -0.3 is 20.4 Å². The number of benzene rings is 2. The van der Waals surface area contributed by atoms with Crippen molar-refractivity contribution in [2.45, 2.75) is 87.9 Å². The summed E-state index contributed by atoms with van der Waals surface area (Å²) in [6, 6.07) is 10.1. The standard InChI is InChI=1S/C36H38O8/c37-29(38)25-3-1-23(7-27(25)31(41)42)33-9-19-5-20(10-33)14-35(13-19,17-33)36-15-21-6-22(16-36)12-34(11-21,18-36)24-2-4-26(30(39)40)28(8-24)32(43)44/h1-4,7-8,19-22H,5-6,9-18H2,(H,37,38)(H,39,40)(H,41,42)(H,43,44). The largest absolute Gasteiger partial charge is 0.478 e. The maximum atomic E-state index is 12.2. The summed E-state index contributed by atoms with van der Waals surface area (Å²) in [5, 5.41) is 39.2. The zero-order chi connectivity index (χ0) is 30.8. The van der Waals surface area contributed by atoms with Crippen LogP contribution >= 0.6 is 0 Å². The first kappa shape index (κ1) is 27.8. The third kappa shape index (κ3) is 3.75. The molecule has 8 aliphatic carbocycles. The highest BCUT2D eigenvalue weighted by Gasteiger charge is 2.70. The molecule has 2 aromatic carbocycles. The van der Waals surface area contributed by atoms with Crippen molar-refractivity contribution >= 4 is 23.9 Å². The first-order valence-corrected chi connectivity index (χ1v) is 16.1. The van der Waals surface area contributed by atoms with E-state index in [2.05, 4.69) is 0 Å². The molecule has 0 radical (unpaired) electrons. The second-order valence-corrected chi connectivity index (χ2v) is 15.8. The van der Waals surface area contributed by atoms with E-state index in [9.17, 15) is 39.6 Å². The van der Waals surface area contributed by atoms with Crippen LogP contribution in [0.15, 0.2) is 36.4 Å². The fourth-order valence-electron chi connectivity index (χ4n) is 12.9. The second-order valence-electron chi connectivity index (χ2n) is 15.8. The van der Waals surface area contributed by atoms with Gasteiger partial charge in [0.15, 0.2) is 0 Å². The molecule has 4 unspecified atom stereocenters. The Labute approximate surface area is 255 Å². The Morgan fingerprint density at radius 3 is 1.09 bits per heavy atom. The summed E-state index contributed by atoms with van der Waals surface area (Å²) in [6.07, 6.45) is 13.2. The normalized spacial score (nSPS) is 39.4. The summed E-state index contributed by atoms with van der Waals surface area (Å²) >= 11 is 0. The van der Waals surface area contributed by atoms with Crippen molar-refractivity contribution < 1.29 is 39.6 Å². The van der Waals surface area contributed by atoms with Gasteiger partial charge in [0.25, 0.3) is 0 Å². The van der Waals surface area contributed by atoms with Crippen molar-refractivity contribution in [1.29, 1.82) is 0 Å². The summed E-state index contributed by atoms with van der Waals surface area (Å²) in [5.41, 5.74) is 1.23. The molecule has 0 aromatic heterocycles. The lowest BCUT2D eigenvalue weighted by Gasteiger charge is -2.74. The lowest BCUT2D eigenvalue weighted by molar-refractivity contribution is -0.212. The van der Waals surface area contributed by atoms with Gasteiger partial charge in [-0.3, -0.25) is 0 Å². The van der Waals surface area contributed by atoms with Gasteiger partial charge in [-0.1, -0.05) is 12.1 Å². The molecule has 2 aromatic rings. The molecule has 8 nitrogen and oxygen atoms in total. The minimum atomic E-state index is -1.22. The van der Waals surface area contributed by atoms with Gasteiger partial charge in [-0.05, 0) is 158 Å². The maximum absolute atomic E-state index is 12.2. The molecule has 8 saturated carbocycles. The van der Waals surface area contributed by atoms with Crippen molar-refractivity contribution in [2.75, 3.05) is 0 Å². The fraction of sp³-hybridized carbons (Fsp3) is 0.556. The van der Waals surface area contributed by atoms with Crippen LogP contribution in [0.4, 0.5) is 0 Å². The molecule has 0 spiro atoms. The van der Waals surface area contributed by atoms with Gasteiger partial charge in [0.2, 0.25) is 0 Å². The zero-order valence-electron chi connectivity index (χ0n) is 24.7. The van der Waals surface area contributed by atoms with Crippen LogP contribution in [0.25, 0.3) is 0 Å². The lowest BCUT2D eigenvalue weighted by Crippen LogP contribution is -2.66. The van der Waals surface area contributed by atoms with Crippen LogP contribution in [-0.4, -0.2) is 44.3 Å². The number of hydrogen-bond donors (Lipinski definition) is 4. The average Bonchev–Trinajstić information content (AvgIpc) is 2.95. The highest BCUT2D eigenvalue weighted by Crippen LogP contribution is 2.78.